The molecule has 1 aromatic heterocycles. The maximum Gasteiger partial charge on any atom is 0.169 e. The lowest BCUT2D eigenvalue weighted by atomic mass is 10.0. The van der Waals surface area contributed by atoms with Crippen molar-refractivity contribution in [1.29, 1.82) is 0 Å². The Morgan fingerprint density at radius 2 is 1.89 bits per heavy atom. The standard InChI is InChI=1S/C16H12INO/c17-12-6-7-13-14(10-18-15(13)9-12)16(19)8-11-4-2-1-3-5-11/h1-7,9-10,18H,8H2. The molecule has 0 unspecified atom stereocenters. The maximum atomic E-state index is 12.4. The van der Waals surface area contributed by atoms with Crippen molar-refractivity contribution in [2.24, 2.45) is 0 Å². The molecule has 0 aliphatic heterocycles. The van der Waals surface area contributed by atoms with Gasteiger partial charge in [0.15, 0.2) is 5.78 Å². The summed E-state index contributed by atoms with van der Waals surface area (Å²) in [6, 6.07) is 15.9. The molecule has 0 radical (unpaired) electrons. The number of H-pyrrole nitrogens is 1. The van der Waals surface area contributed by atoms with E-state index in [0.29, 0.717) is 6.42 Å². The van der Waals surface area contributed by atoms with E-state index in [1.807, 2.05) is 48.7 Å². The zero-order valence-electron chi connectivity index (χ0n) is 10.2. The van der Waals surface area contributed by atoms with Crippen LogP contribution in [0.5, 0.6) is 0 Å². The van der Waals surface area contributed by atoms with Crippen LogP contribution in [0.15, 0.2) is 54.7 Å². The Morgan fingerprint density at radius 3 is 2.68 bits per heavy atom. The molecule has 3 rings (SSSR count). The van der Waals surface area contributed by atoms with E-state index >= 15 is 0 Å². The van der Waals surface area contributed by atoms with Crippen molar-refractivity contribution in [3.05, 3.63) is 69.4 Å². The Labute approximate surface area is 125 Å². The first-order chi connectivity index (χ1) is 9.24. The third-order valence-corrected chi connectivity index (χ3v) is 3.82. The molecule has 0 amide bonds. The number of nitrogens with one attached hydrogen (secondary N) is 1. The molecule has 0 saturated heterocycles. The number of carbonyl (C=O) groups excluding carboxylic acids is 1. The number of rotatable bonds is 3. The number of ketones is 1. The molecule has 0 aliphatic carbocycles. The fourth-order valence-electron chi connectivity index (χ4n) is 2.21. The number of aromatic amines is 1. The Morgan fingerprint density at radius 1 is 1.11 bits per heavy atom. The topological polar surface area (TPSA) is 32.9 Å². The third kappa shape index (κ3) is 2.56. The molecule has 1 heterocycles. The van der Waals surface area contributed by atoms with Gasteiger partial charge in [-0.25, -0.2) is 0 Å². The lowest BCUT2D eigenvalue weighted by molar-refractivity contribution is 0.0994. The number of hydrogen-bond donors (Lipinski definition) is 1. The number of fused-ring (bicyclic) bond motifs is 1. The van der Waals surface area contributed by atoms with Gasteiger partial charge < -0.3 is 4.98 Å². The molecule has 19 heavy (non-hydrogen) atoms. The van der Waals surface area contributed by atoms with Gasteiger partial charge in [-0.15, -0.1) is 0 Å². The van der Waals surface area contributed by atoms with E-state index in [1.165, 1.54) is 0 Å². The van der Waals surface area contributed by atoms with Crippen LogP contribution in [0.25, 0.3) is 10.9 Å². The SMILES string of the molecule is O=C(Cc1ccccc1)c1c[nH]c2cc(I)ccc12. The monoisotopic (exact) mass is 361 g/mol. The van der Waals surface area contributed by atoms with E-state index in [0.717, 1.165) is 25.6 Å². The van der Waals surface area contributed by atoms with Gasteiger partial charge in [-0.2, -0.15) is 0 Å². The number of aromatic nitrogens is 1. The normalized spacial score (nSPS) is 10.8. The summed E-state index contributed by atoms with van der Waals surface area (Å²) >= 11 is 2.27. The first-order valence-electron chi connectivity index (χ1n) is 6.08. The Balaban J connectivity index is 1.94. The average molecular weight is 361 g/mol. The molecule has 2 aromatic carbocycles. The van der Waals surface area contributed by atoms with E-state index in [4.69, 9.17) is 0 Å². The van der Waals surface area contributed by atoms with Gasteiger partial charge in [-0.05, 0) is 40.3 Å². The first-order valence-corrected chi connectivity index (χ1v) is 7.16. The van der Waals surface area contributed by atoms with E-state index in [9.17, 15) is 4.79 Å². The quantitative estimate of drug-likeness (QED) is 0.551. The van der Waals surface area contributed by atoms with Gasteiger partial charge in [-0.1, -0.05) is 36.4 Å². The number of carbonyl (C=O) groups is 1. The van der Waals surface area contributed by atoms with Crippen LogP contribution in [0.4, 0.5) is 0 Å². The molecule has 0 atom stereocenters. The van der Waals surface area contributed by atoms with Crippen LogP contribution in [-0.2, 0) is 6.42 Å². The summed E-state index contributed by atoms with van der Waals surface area (Å²) in [4.78, 5) is 15.5. The smallest absolute Gasteiger partial charge is 0.169 e. The maximum absolute atomic E-state index is 12.4. The van der Waals surface area contributed by atoms with Crippen molar-refractivity contribution < 1.29 is 4.79 Å². The number of benzene rings is 2. The lowest BCUT2D eigenvalue weighted by Gasteiger charge is -2.00. The van der Waals surface area contributed by atoms with E-state index in [-0.39, 0.29) is 5.78 Å². The summed E-state index contributed by atoms with van der Waals surface area (Å²) in [6.45, 7) is 0. The summed E-state index contributed by atoms with van der Waals surface area (Å²) in [5.74, 6) is 0.152. The largest absolute Gasteiger partial charge is 0.360 e. The molecule has 94 valence electrons. The van der Waals surface area contributed by atoms with Crippen LogP contribution in [0, 0.1) is 3.57 Å². The van der Waals surface area contributed by atoms with Gasteiger partial charge in [-0.3, -0.25) is 4.79 Å². The molecule has 3 heteroatoms. The van der Waals surface area contributed by atoms with Crippen molar-refractivity contribution in [3.63, 3.8) is 0 Å². The minimum atomic E-state index is 0.152. The summed E-state index contributed by atoms with van der Waals surface area (Å²) < 4.78 is 1.16. The Kier molecular flexibility index (Phi) is 3.38. The van der Waals surface area contributed by atoms with Crippen molar-refractivity contribution in [1.82, 2.24) is 4.98 Å². The first kappa shape index (κ1) is 12.4. The van der Waals surface area contributed by atoms with Crippen molar-refractivity contribution in [2.45, 2.75) is 6.42 Å². The molecule has 0 bridgehead atoms. The van der Waals surface area contributed by atoms with Crippen LogP contribution in [0.2, 0.25) is 0 Å². The van der Waals surface area contributed by atoms with Gasteiger partial charge in [0.2, 0.25) is 0 Å². The zero-order chi connectivity index (χ0) is 13.2. The van der Waals surface area contributed by atoms with Crippen LogP contribution in [-0.4, -0.2) is 10.8 Å². The predicted molar refractivity (Wildman–Crippen MR) is 85.5 cm³/mol. The molecule has 0 fully saturated rings. The average Bonchev–Trinajstić information content (AvgIpc) is 2.82. The highest BCUT2D eigenvalue weighted by atomic mass is 127. The molecule has 0 spiro atoms. The zero-order valence-corrected chi connectivity index (χ0v) is 12.3. The highest BCUT2D eigenvalue weighted by molar-refractivity contribution is 14.1. The van der Waals surface area contributed by atoms with Crippen LogP contribution in [0.1, 0.15) is 15.9 Å². The highest BCUT2D eigenvalue weighted by Crippen LogP contribution is 2.22. The van der Waals surface area contributed by atoms with E-state index < -0.39 is 0 Å². The highest BCUT2D eigenvalue weighted by Gasteiger charge is 2.12. The lowest BCUT2D eigenvalue weighted by Crippen LogP contribution is -2.02. The molecule has 3 aromatic rings. The minimum Gasteiger partial charge on any atom is -0.360 e. The van der Waals surface area contributed by atoms with E-state index in [1.54, 1.807) is 0 Å². The Bertz CT molecular complexity index is 731. The molecular weight excluding hydrogens is 349 g/mol. The second-order valence-corrected chi connectivity index (χ2v) is 5.72. The van der Waals surface area contributed by atoms with Gasteiger partial charge in [0.1, 0.15) is 0 Å². The van der Waals surface area contributed by atoms with Crippen LogP contribution in [0.3, 0.4) is 0 Å². The van der Waals surface area contributed by atoms with Gasteiger partial charge in [0, 0.05) is 32.7 Å². The molecule has 0 saturated carbocycles. The molecular formula is C16H12INO. The molecule has 2 nitrogen and oxygen atoms in total. The summed E-state index contributed by atoms with van der Waals surface area (Å²) in [6.07, 6.45) is 2.26. The van der Waals surface area contributed by atoms with E-state index in [2.05, 4.69) is 33.6 Å². The summed E-state index contributed by atoms with van der Waals surface area (Å²) in [5, 5.41) is 1.00. The van der Waals surface area contributed by atoms with Gasteiger partial charge >= 0.3 is 0 Å². The third-order valence-electron chi connectivity index (χ3n) is 3.15. The minimum absolute atomic E-state index is 0.152. The summed E-state index contributed by atoms with van der Waals surface area (Å²) in [5.41, 5.74) is 2.84. The Hall–Kier alpha value is -1.62. The van der Waals surface area contributed by atoms with Crippen molar-refractivity contribution in [3.8, 4) is 0 Å². The fraction of sp³-hybridized carbons (Fsp3) is 0.0625. The van der Waals surface area contributed by atoms with Crippen molar-refractivity contribution in [2.75, 3.05) is 0 Å². The fourth-order valence-corrected chi connectivity index (χ4v) is 2.70. The van der Waals surface area contributed by atoms with Gasteiger partial charge in [0.25, 0.3) is 0 Å². The van der Waals surface area contributed by atoms with Crippen molar-refractivity contribution >= 4 is 39.3 Å². The summed E-state index contributed by atoms with van der Waals surface area (Å²) in [7, 11) is 0. The van der Waals surface area contributed by atoms with Crippen LogP contribution < -0.4 is 0 Å². The van der Waals surface area contributed by atoms with Gasteiger partial charge in [0.05, 0.1) is 0 Å². The second-order valence-electron chi connectivity index (χ2n) is 4.48. The predicted octanol–water partition coefficient (Wildman–Crippen LogP) is 4.20. The molecule has 1 N–H and O–H groups in total. The molecule has 0 aliphatic rings. The number of halogens is 1. The van der Waals surface area contributed by atoms with Crippen LogP contribution >= 0.6 is 22.6 Å². The number of Topliss-reactive ketones (excluding diaryl/α,β-unsaturated/α-hetero) is 1. The number of hydrogen-bond acceptors (Lipinski definition) is 1. The second kappa shape index (κ2) is 5.17.